The molecule has 2 aliphatic carbocycles. The Hall–Kier alpha value is -7.28. The highest BCUT2D eigenvalue weighted by Gasteiger charge is 2.25. The first-order valence-electron chi connectivity index (χ1n) is 21.0. The Morgan fingerprint density at radius 3 is 2.10 bits per heavy atom. The molecule has 2 aromatic heterocycles. The quantitative estimate of drug-likeness (QED) is 0.166. The van der Waals surface area contributed by atoms with Crippen molar-refractivity contribution in [3.05, 3.63) is 216 Å². The molecule has 0 radical (unpaired) electrons. The smallest absolute Gasteiger partial charge is 0.160 e. The number of rotatable bonds is 8. The average molecular weight is 804 g/mol. The number of aliphatic imine (C=N–C) groups is 2. The Kier molecular flexibility index (Phi) is 9.68. The van der Waals surface area contributed by atoms with Gasteiger partial charge in [0.2, 0.25) is 0 Å². The van der Waals surface area contributed by atoms with Crippen LogP contribution in [-0.4, -0.2) is 27.8 Å². The molecule has 61 heavy (non-hydrogen) atoms. The first-order chi connectivity index (χ1) is 30.2. The molecule has 6 heteroatoms. The van der Waals surface area contributed by atoms with Crippen LogP contribution < -0.4 is 5.32 Å². The molecular weight excluding hydrogens is 763 g/mol. The van der Waals surface area contributed by atoms with Crippen LogP contribution in [0.15, 0.2) is 215 Å². The molecule has 1 N–H and O–H groups in total. The minimum Gasteiger partial charge on any atom is -0.344 e. The highest BCUT2D eigenvalue weighted by atomic mass is 32.1. The summed E-state index contributed by atoms with van der Waals surface area (Å²) >= 11 is 1.83. The monoisotopic (exact) mass is 803 g/mol. The van der Waals surface area contributed by atoms with Crippen LogP contribution in [0.2, 0.25) is 0 Å². The molecule has 0 fully saturated rings. The van der Waals surface area contributed by atoms with Crippen molar-refractivity contribution in [2.24, 2.45) is 9.98 Å². The molecule has 0 amide bonds. The fraction of sp³-hybridized carbons (Fsp3) is 0.0909. The molecule has 0 spiro atoms. The topological polar surface area (TPSA) is 62.5 Å². The van der Waals surface area contributed by atoms with Crippen LogP contribution >= 0.6 is 11.3 Å². The van der Waals surface area contributed by atoms with Gasteiger partial charge >= 0.3 is 0 Å². The van der Waals surface area contributed by atoms with Gasteiger partial charge in [-0.1, -0.05) is 170 Å². The van der Waals surface area contributed by atoms with Crippen LogP contribution in [0.4, 0.5) is 0 Å². The second-order valence-electron chi connectivity index (χ2n) is 15.7. The van der Waals surface area contributed by atoms with E-state index in [4.69, 9.17) is 20.0 Å². The molecule has 292 valence electrons. The fourth-order valence-corrected chi connectivity index (χ4v) is 9.69. The Labute approximate surface area is 359 Å². The summed E-state index contributed by atoms with van der Waals surface area (Å²) in [6.45, 7) is 0. The van der Waals surface area contributed by atoms with Gasteiger partial charge in [0.05, 0.1) is 11.4 Å². The summed E-state index contributed by atoms with van der Waals surface area (Å²) in [4.78, 5) is 20.8. The maximum atomic E-state index is 5.26. The van der Waals surface area contributed by atoms with E-state index in [2.05, 4.69) is 187 Å². The molecule has 6 aromatic carbocycles. The van der Waals surface area contributed by atoms with E-state index < -0.39 is 0 Å². The number of nitrogens with one attached hydrogen (secondary N) is 1. The molecule has 3 aliphatic rings. The van der Waals surface area contributed by atoms with Crippen molar-refractivity contribution < 1.29 is 0 Å². The van der Waals surface area contributed by atoms with Crippen molar-refractivity contribution in [2.75, 3.05) is 0 Å². The van der Waals surface area contributed by atoms with E-state index in [0.717, 1.165) is 75.7 Å². The minimum absolute atomic E-state index is 0.150. The molecule has 0 saturated heterocycles. The molecule has 11 rings (SSSR count). The lowest BCUT2D eigenvalue weighted by atomic mass is 9.88. The SMILES string of the molecule is C1=CCCC(C2=NC(C3=CC(c4cccc(-c5nc(-c6ccccc6)cc(-c6ccc7c(c6)sc6ccccc67)n5)c4)CC=C3)NC(c3ccc(-c4ccccc4)cc3)=N2)=C1. The van der Waals surface area contributed by atoms with Gasteiger partial charge in [-0.2, -0.15) is 0 Å². The van der Waals surface area contributed by atoms with E-state index in [1.807, 2.05) is 23.5 Å². The highest BCUT2D eigenvalue weighted by molar-refractivity contribution is 7.25. The van der Waals surface area contributed by atoms with Crippen LogP contribution in [0.1, 0.15) is 36.3 Å². The van der Waals surface area contributed by atoms with Crippen molar-refractivity contribution in [3.8, 4) is 45.0 Å². The largest absolute Gasteiger partial charge is 0.344 e. The summed E-state index contributed by atoms with van der Waals surface area (Å²) in [7, 11) is 0. The van der Waals surface area contributed by atoms with E-state index in [1.54, 1.807) is 0 Å². The van der Waals surface area contributed by atoms with Gasteiger partial charge < -0.3 is 5.32 Å². The number of aromatic nitrogens is 2. The molecule has 1 aliphatic heterocycles. The third-order valence-corrected chi connectivity index (χ3v) is 12.9. The molecule has 0 saturated carbocycles. The van der Waals surface area contributed by atoms with Crippen molar-refractivity contribution in [3.63, 3.8) is 0 Å². The summed E-state index contributed by atoms with van der Waals surface area (Å²) in [6, 6.07) is 55.8. The predicted molar refractivity (Wildman–Crippen MR) is 255 cm³/mol. The van der Waals surface area contributed by atoms with Crippen molar-refractivity contribution in [1.82, 2.24) is 15.3 Å². The van der Waals surface area contributed by atoms with Crippen molar-refractivity contribution in [2.45, 2.75) is 31.3 Å². The average Bonchev–Trinajstić information content (AvgIpc) is 3.73. The Balaban J connectivity index is 0.927. The van der Waals surface area contributed by atoms with Gasteiger partial charge in [-0.05, 0) is 71.4 Å². The second-order valence-corrected chi connectivity index (χ2v) is 16.8. The number of amidine groups is 2. The lowest BCUT2D eigenvalue weighted by molar-refractivity contribution is 0.707. The first kappa shape index (κ1) is 36.8. The molecule has 2 unspecified atom stereocenters. The van der Waals surface area contributed by atoms with Gasteiger partial charge in [-0.3, -0.25) is 0 Å². The van der Waals surface area contributed by atoms with Gasteiger partial charge in [0.25, 0.3) is 0 Å². The zero-order valence-electron chi connectivity index (χ0n) is 33.4. The first-order valence-corrected chi connectivity index (χ1v) is 21.8. The maximum Gasteiger partial charge on any atom is 0.160 e. The van der Waals surface area contributed by atoms with Gasteiger partial charge in [-0.25, -0.2) is 20.0 Å². The summed E-state index contributed by atoms with van der Waals surface area (Å²) in [5.74, 6) is 2.49. The number of fused-ring (bicyclic) bond motifs is 3. The molecule has 0 bridgehead atoms. The number of allylic oxidation sites excluding steroid dienone is 5. The summed E-state index contributed by atoms with van der Waals surface area (Å²) in [5, 5.41) is 6.29. The van der Waals surface area contributed by atoms with E-state index in [9.17, 15) is 0 Å². The van der Waals surface area contributed by atoms with Crippen LogP contribution in [-0.2, 0) is 0 Å². The van der Waals surface area contributed by atoms with E-state index in [0.29, 0.717) is 5.82 Å². The van der Waals surface area contributed by atoms with E-state index in [1.165, 1.54) is 36.9 Å². The molecule has 3 heterocycles. The summed E-state index contributed by atoms with van der Waals surface area (Å²) in [6.07, 6.45) is 15.9. The maximum absolute atomic E-state index is 5.26. The van der Waals surface area contributed by atoms with Crippen LogP contribution in [0, 0.1) is 0 Å². The van der Waals surface area contributed by atoms with Crippen LogP contribution in [0.5, 0.6) is 0 Å². The second kappa shape index (κ2) is 16.1. The fourth-order valence-electron chi connectivity index (χ4n) is 8.55. The summed E-state index contributed by atoms with van der Waals surface area (Å²) in [5.41, 5.74) is 11.9. The standard InChI is InChI=1S/C55H41N5S/c1-4-14-36(15-5-1)37-26-28-40(29-27-37)53-58-52(39-18-8-3-9-19-39)59-55(60-53)45-23-13-21-42(33-45)41-20-12-22-44(32-41)54-56-48(38-16-6-2-7-17-38)35-49(57-54)43-30-31-47-46-24-10-11-25-50(46)61-51(47)34-43/h1-8,10-18,20,22-35,42,55H,9,19,21H2,(H,58,59,60). The third kappa shape index (κ3) is 7.47. The molecule has 8 aromatic rings. The minimum atomic E-state index is -0.280. The Morgan fingerprint density at radius 2 is 1.28 bits per heavy atom. The van der Waals surface area contributed by atoms with E-state index in [-0.39, 0.29) is 12.1 Å². The zero-order chi connectivity index (χ0) is 40.5. The Morgan fingerprint density at radius 1 is 0.574 bits per heavy atom. The normalized spacial score (nSPS) is 17.4. The zero-order valence-corrected chi connectivity index (χ0v) is 34.3. The number of thiophene rings is 1. The Bertz CT molecular complexity index is 3130. The highest BCUT2D eigenvalue weighted by Crippen LogP contribution is 2.38. The van der Waals surface area contributed by atoms with Crippen molar-refractivity contribution >= 4 is 43.2 Å². The molecule has 2 atom stereocenters. The van der Waals surface area contributed by atoms with Gasteiger partial charge in [-0.15, -0.1) is 11.3 Å². The van der Waals surface area contributed by atoms with Gasteiger partial charge in [0.1, 0.15) is 12.0 Å². The van der Waals surface area contributed by atoms with E-state index >= 15 is 0 Å². The lowest BCUT2D eigenvalue weighted by Gasteiger charge is -2.27. The van der Waals surface area contributed by atoms with Crippen LogP contribution in [0.25, 0.3) is 65.2 Å². The molecular formula is C55H41N5S. The summed E-state index contributed by atoms with van der Waals surface area (Å²) < 4.78 is 2.55. The predicted octanol–water partition coefficient (Wildman–Crippen LogP) is 13.5. The third-order valence-electron chi connectivity index (χ3n) is 11.8. The van der Waals surface area contributed by atoms with Gasteiger partial charge in [0.15, 0.2) is 11.7 Å². The molecule has 5 nitrogen and oxygen atoms in total. The number of hydrogen-bond donors (Lipinski definition) is 1. The lowest BCUT2D eigenvalue weighted by Crippen LogP contribution is -2.40. The number of nitrogens with zero attached hydrogens (tertiary/aromatic N) is 4. The van der Waals surface area contributed by atoms with Crippen molar-refractivity contribution in [1.29, 1.82) is 0 Å². The number of hydrogen-bond acceptors (Lipinski definition) is 6. The van der Waals surface area contributed by atoms with Gasteiger partial charge in [0, 0.05) is 48.3 Å². The number of benzene rings is 6. The van der Waals surface area contributed by atoms with Crippen LogP contribution in [0.3, 0.4) is 0 Å².